The number of carboxylic acid groups (broad SMARTS) is 1. The van der Waals surface area contributed by atoms with Crippen LogP contribution in [0.15, 0.2) is 66.7 Å². The summed E-state index contributed by atoms with van der Waals surface area (Å²) in [4.78, 5) is 11.4. The molecule has 0 radical (unpaired) electrons. The molecule has 3 aromatic carbocycles. The van der Waals surface area contributed by atoms with E-state index in [1.165, 1.54) is 0 Å². The first kappa shape index (κ1) is 22.5. The second kappa shape index (κ2) is 9.18. The molecule has 0 bridgehead atoms. The molecule has 0 saturated carbocycles. The average Bonchev–Trinajstić information content (AvgIpc) is 3.31. The van der Waals surface area contributed by atoms with Crippen molar-refractivity contribution in [1.29, 1.82) is 0 Å². The van der Waals surface area contributed by atoms with Crippen LogP contribution in [0, 0.1) is 13.8 Å². The third-order valence-corrected chi connectivity index (χ3v) is 6.41. The van der Waals surface area contributed by atoms with Crippen molar-refractivity contribution in [3.05, 3.63) is 78.1 Å². The van der Waals surface area contributed by atoms with Crippen LogP contribution in [0.3, 0.4) is 0 Å². The van der Waals surface area contributed by atoms with E-state index in [-0.39, 0.29) is 0 Å². The van der Waals surface area contributed by atoms with Crippen molar-refractivity contribution < 1.29 is 19.4 Å². The van der Waals surface area contributed by atoms with Gasteiger partial charge >= 0.3 is 6.16 Å². The molecule has 0 fully saturated rings. The predicted molar refractivity (Wildman–Crippen MR) is 136 cm³/mol. The van der Waals surface area contributed by atoms with Crippen molar-refractivity contribution in [3.8, 4) is 22.8 Å². The minimum atomic E-state index is -1.34. The van der Waals surface area contributed by atoms with Crippen molar-refractivity contribution in [1.82, 2.24) is 14.3 Å². The molecular weight excluding hydrogens is 442 g/mol. The fourth-order valence-electron chi connectivity index (χ4n) is 4.77. The molecule has 7 nitrogen and oxygen atoms in total. The summed E-state index contributed by atoms with van der Waals surface area (Å²) in [5.41, 5.74) is 4.94. The average molecular weight is 470 g/mol. The van der Waals surface area contributed by atoms with Gasteiger partial charge in [-0.05, 0) is 43.4 Å². The minimum absolute atomic E-state index is 0.296. The van der Waals surface area contributed by atoms with Gasteiger partial charge in [-0.2, -0.15) is 5.10 Å². The van der Waals surface area contributed by atoms with E-state index in [2.05, 4.69) is 17.2 Å². The second-order valence-corrected chi connectivity index (χ2v) is 8.59. The van der Waals surface area contributed by atoms with Gasteiger partial charge in [0.25, 0.3) is 0 Å². The molecule has 0 amide bonds. The molecule has 0 saturated heterocycles. The van der Waals surface area contributed by atoms with E-state index in [0.29, 0.717) is 25.5 Å². The second-order valence-electron chi connectivity index (χ2n) is 8.59. The summed E-state index contributed by atoms with van der Waals surface area (Å²) in [5, 5.41) is 17.0. The Morgan fingerprint density at radius 2 is 1.77 bits per heavy atom. The van der Waals surface area contributed by atoms with Crippen LogP contribution >= 0.6 is 0 Å². The van der Waals surface area contributed by atoms with E-state index in [4.69, 9.17) is 9.47 Å². The lowest BCUT2D eigenvalue weighted by atomic mass is 10.00. The lowest BCUT2D eigenvalue weighted by Gasteiger charge is -2.12. The zero-order valence-electron chi connectivity index (χ0n) is 20.0. The number of hydrogen-bond donors (Lipinski definition) is 1. The smallest absolute Gasteiger partial charge is 0.493 e. The SMILES string of the molecule is Cc1nn(C)c(C)c1-c1cccc2c1cc(OC(=O)O)n2CCCOc1cccc2ccccc12. The van der Waals surface area contributed by atoms with E-state index >= 15 is 0 Å². The molecule has 0 aliphatic heterocycles. The van der Waals surface area contributed by atoms with Gasteiger partial charge in [-0.25, -0.2) is 4.79 Å². The van der Waals surface area contributed by atoms with Gasteiger partial charge in [0.1, 0.15) is 5.75 Å². The molecule has 0 atom stereocenters. The van der Waals surface area contributed by atoms with E-state index in [1.807, 2.05) is 78.7 Å². The van der Waals surface area contributed by atoms with Crippen LogP contribution in [0.4, 0.5) is 4.79 Å². The van der Waals surface area contributed by atoms with Crippen LogP contribution < -0.4 is 9.47 Å². The van der Waals surface area contributed by atoms with Crippen LogP contribution in [0.2, 0.25) is 0 Å². The van der Waals surface area contributed by atoms with E-state index in [9.17, 15) is 9.90 Å². The van der Waals surface area contributed by atoms with Gasteiger partial charge < -0.3 is 19.1 Å². The van der Waals surface area contributed by atoms with Gasteiger partial charge in [-0.15, -0.1) is 0 Å². The number of nitrogens with zero attached hydrogens (tertiary/aromatic N) is 3. The first-order valence-electron chi connectivity index (χ1n) is 11.6. The Bertz CT molecular complexity index is 1540. The van der Waals surface area contributed by atoms with Crippen molar-refractivity contribution >= 4 is 27.8 Å². The molecule has 0 unspecified atom stereocenters. The Hall–Kier alpha value is -4.26. The fourth-order valence-corrected chi connectivity index (χ4v) is 4.77. The number of carbonyl (C=O) groups is 1. The van der Waals surface area contributed by atoms with Crippen molar-refractivity contribution in [2.45, 2.75) is 26.8 Å². The zero-order chi connectivity index (χ0) is 24.5. The fraction of sp³-hybridized carbons (Fsp3) is 0.214. The van der Waals surface area contributed by atoms with Crippen molar-refractivity contribution in [2.75, 3.05) is 6.61 Å². The van der Waals surface area contributed by atoms with Crippen LogP contribution in [0.5, 0.6) is 11.6 Å². The molecule has 5 aromatic rings. The molecule has 1 N–H and O–H groups in total. The Balaban J connectivity index is 1.44. The molecule has 2 heterocycles. The quantitative estimate of drug-likeness (QED) is 0.222. The summed E-state index contributed by atoms with van der Waals surface area (Å²) < 4.78 is 15.0. The number of rotatable bonds is 7. The number of ether oxygens (including phenoxy) is 2. The number of hydrogen-bond acceptors (Lipinski definition) is 4. The highest BCUT2D eigenvalue weighted by atomic mass is 16.7. The number of aromatic nitrogens is 3. The van der Waals surface area contributed by atoms with Gasteiger partial charge in [-0.3, -0.25) is 4.68 Å². The summed E-state index contributed by atoms with van der Waals surface area (Å²) in [6.45, 7) is 5.05. The third kappa shape index (κ3) is 4.21. The van der Waals surface area contributed by atoms with Crippen LogP contribution in [0.25, 0.3) is 32.8 Å². The first-order valence-corrected chi connectivity index (χ1v) is 11.6. The summed E-state index contributed by atoms with van der Waals surface area (Å²) in [6.07, 6.45) is -0.658. The van der Waals surface area contributed by atoms with E-state index in [1.54, 1.807) is 6.07 Å². The summed E-state index contributed by atoms with van der Waals surface area (Å²) in [7, 11) is 1.92. The Morgan fingerprint density at radius 1 is 1.00 bits per heavy atom. The lowest BCUT2D eigenvalue weighted by molar-refractivity contribution is 0.140. The van der Waals surface area contributed by atoms with Crippen LogP contribution in [-0.4, -0.2) is 32.2 Å². The van der Waals surface area contributed by atoms with E-state index < -0.39 is 6.16 Å². The number of fused-ring (bicyclic) bond motifs is 2. The lowest BCUT2D eigenvalue weighted by Crippen LogP contribution is -2.10. The first-order chi connectivity index (χ1) is 16.9. The normalized spacial score (nSPS) is 11.3. The molecule has 0 aliphatic carbocycles. The molecule has 0 aliphatic rings. The van der Waals surface area contributed by atoms with E-state index in [0.717, 1.165) is 49.9 Å². The molecule has 0 spiro atoms. The Labute approximate surface area is 203 Å². The molecule has 7 heteroatoms. The van der Waals surface area contributed by atoms with Gasteiger partial charge in [0.05, 0.1) is 17.8 Å². The molecule has 5 rings (SSSR count). The maximum Gasteiger partial charge on any atom is 0.512 e. The van der Waals surface area contributed by atoms with Gasteiger partial charge in [0.2, 0.25) is 5.88 Å². The molecule has 2 aromatic heterocycles. The minimum Gasteiger partial charge on any atom is -0.493 e. The van der Waals surface area contributed by atoms with Crippen LogP contribution in [-0.2, 0) is 13.6 Å². The maximum absolute atomic E-state index is 11.4. The van der Waals surface area contributed by atoms with Gasteiger partial charge in [-0.1, -0.05) is 48.5 Å². The van der Waals surface area contributed by atoms with Crippen molar-refractivity contribution in [3.63, 3.8) is 0 Å². The maximum atomic E-state index is 11.4. The summed E-state index contributed by atoms with van der Waals surface area (Å²) in [5.74, 6) is 1.14. The molecular formula is C28H27N3O4. The monoisotopic (exact) mass is 469 g/mol. The highest BCUT2D eigenvalue weighted by Gasteiger charge is 2.19. The number of aryl methyl sites for hydroxylation is 3. The third-order valence-electron chi connectivity index (χ3n) is 6.41. The predicted octanol–water partition coefficient (Wildman–Crippen LogP) is 6.34. The van der Waals surface area contributed by atoms with Gasteiger partial charge in [0.15, 0.2) is 0 Å². The summed E-state index contributed by atoms with van der Waals surface area (Å²) >= 11 is 0. The Morgan fingerprint density at radius 3 is 2.54 bits per heavy atom. The molecule has 178 valence electrons. The van der Waals surface area contributed by atoms with Crippen molar-refractivity contribution in [2.24, 2.45) is 7.05 Å². The molecule has 35 heavy (non-hydrogen) atoms. The highest BCUT2D eigenvalue weighted by molar-refractivity contribution is 5.98. The largest absolute Gasteiger partial charge is 0.512 e. The topological polar surface area (TPSA) is 78.5 Å². The summed E-state index contributed by atoms with van der Waals surface area (Å²) in [6, 6.07) is 21.9. The zero-order valence-corrected chi connectivity index (χ0v) is 20.0. The van der Waals surface area contributed by atoms with Crippen LogP contribution in [0.1, 0.15) is 17.8 Å². The Kier molecular flexibility index (Phi) is 5.91. The highest BCUT2D eigenvalue weighted by Crippen LogP contribution is 2.37. The van der Waals surface area contributed by atoms with Gasteiger partial charge in [0, 0.05) is 41.7 Å². The standard InChI is InChI=1S/C28H27N3O4/c1-18-27(19(2)30(3)29-18)22-12-7-13-24-23(22)17-26(35-28(32)33)31(24)15-8-16-34-25-14-6-10-20-9-4-5-11-21(20)25/h4-7,9-14,17H,8,15-16H2,1-3H3,(H,32,33). The number of benzene rings is 3.